The Morgan fingerprint density at radius 2 is 1.88 bits per heavy atom. The van der Waals surface area contributed by atoms with E-state index in [4.69, 9.17) is 18.9 Å². The number of epoxide rings is 1. The van der Waals surface area contributed by atoms with Gasteiger partial charge in [0, 0.05) is 19.6 Å². The molecule has 100 valence electrons. The van der Waals surface area contributed by atoms with Crippen molar-refractivity contribution in [3.8, 4) is 0 Å². The predicted octanol–water partition coefficient (Wildman–Crippen LogP) is 1.50. The van der Waals surface area contributed by atoms with E-state index >= 15 is 0 Å². The molecular weight excluding hydrogens is 224 g/mol. The van der Waals surface area contributed by atoms with Crippen LogP contribution in [0.2, 0.25) is 0 Å². The first-order valence-corrected chi connectivity index (χ1v) is 6.27. The SMILES string of the molecule is CCCC(=O)OC[C@H]1O[C@H]1C(OCC)OCC. The topological polar surface area (TPSA) is 57.3 Å². The van der Waals surface area contributed by atoms with E-state index in [-0.39, 0.29) is 24.5 Å². The van der Waals surface area contributed by atoms with E-state index in [0.29, 0.717) is 26.2 Å². The van der Waals surface area contributed by atoms with E-state index in [0.717, 1.165) is 6.42 Å². The zero-order valence-electron chi connectivity index (χ0n) is 10.8. The highest BCUT2D eigenvalue weighted by Gasteiger charge is 2.47. The molecule has 0 aliphatic carbocycles. The minimum absolute atomic E-state index is 0.0843. The largest absolute Gasteiger partial charge is 0.463 e. The van der Waals surface area contributed by atoms with Crippen LogP contribution in [0, 0.1) is 0 Å². The highest BCUT2D eigenvalue weighted by Crippen LogP contribution is 2.28. The minimum Gasteiger partial charge on any atom is -0.463 e. The Labute approximate surface area is 102 Å². The van der Waals surface area contributed by atoms with Crippen LogP contribution in [0.5, 0.6) is 0 Å². The second-order valence-corrected chi connectivity index (χ2v) is 3.85. The monoisotopic (exact) mass is 246 g/mol. The second-order valence-electron chi connectivity index (χ2n) is 3.85. The van der Waals surface area contributed by atoms with Crippen molar-refractivity contribution in [1.29, 1.82) is 0 Å². The van der Waals surface area contributed by atoms with Crippen molar-refractivity contribution in [1.82, 2.24) is 0 Å². The summed E-state index contributed by atoms with van der Waals surface area (Å²) in [5.41, 5.74) is 0. The number of ether oxygens (including phenoxy) is 4. The lowest BCUT2D eigenvalue weighted by atomic mass is 10.3. The van der Waals surface area contributed by atoms with Gasteiger partial charge in [-0.1, -0.05) is 6.92 Å². The molecule has 5 heteroatoms. The number of carbonyl (C=O) groups is 1. The Balaban J connectivity index is 2.19. The van der Waals surface area contributed by atoms with Crippen LogP contribution >= 0.6 is 0 Å². The van der Waals surface area contributed by atoms with Gasteiger partial charge in [0.1, 0.15) is 18.8 Å². The lowest BCUT2D eigenvalue weighted by molar-refractivity contribution is -0.148. The van der Waals surface area contributed by atoms with Gasteiger partial charge in [-0.3, -0.25) is 4.79 Å². The first kappa shape index (κ1) is 14.4. The van der Waals surface area contributed by atoms with Crippen molar-refractivity contribution in [2.24, 2.45) is 0 Å². The third-order valence-electron chi connectivity index (χ3n) is 2.41. The van der Waals surface area contributed by atoms with Crippen LogP contribution < -0.4 is 0 Å². The van der Waals surface area contributed by atoms with E-state index in [9.17, 15) is 4.79 Å². The van der Waals surface area contributed by atoms with Gasteiger partial charge in [0.25, 0.3) is 0 Å². The van der Waals surface area contributed by atoms with Gasteiger partial charge in [0.05, 0.1) is 0 Å². The Morgan fingerprint density at radius 1 is 1.24 bits per heavy atom. The fraction of sp³-hybridized carbons (Fsp3) is 0.917. The summed E-state index contributed by atoms with van der Waals surface area (Å²) < 4.78 is 21.3. The van der Waals surface area contributed by atoms with Gasteiger partial charge < -0.3 is 18.9 Å². The Hall–Kier alpha value is -0.650. The molecule has 17 heavy (non-hydrogen) atoms. The molecule has 1 aliphatic rings. The molecule has 0 radical (unpaired) electrons. The number of hydrogen-bond acceptors (Lipinski definition) is 5. The lowest BCUT2D eigenvalue weighted by Crippen LogP contribution is -2.26. The van der Waals surface area contributed by atoms with Crippen LogP contribution in [0.4, 0.5) is 0 Å². The number of carbonyl (C=O) groups excluding carboxylic acids is 1. The molecule has 0 saturated carbocycles. The van der Waals surface area contributed by atoms with Crippen LogP contribution in [0.25, 0.3) is 0 Å². The van der Waals surface area contributed by atoms with E-state index in [1.807, 2.05) is 20.8 Å². The molecule has 1 heterocycles. The molecule has 1 fully saturated rings. The zero-order chi connectivity index (χ0) is 12.7. The quantitative estimate of drug-likeness (QED) is 0.350. The maximum atomic E-state index is 11.2. The summed E-state index contributed by atoms with van der Waals surface area (Å²) in [7, 11) is 0. The average molecular weight is 246 g/mol. The Morgan fingerprint density at radius 3 is 2.41 bits per heavy atom. The third kappa shape index (κ3) is 5.02. The molecule has 0 N–H and O–H groups in total. The fourth-order valence-corrected chi connectivity index (χ4v) is 1.55. The summed E-state index contributed by atoms with van der Waals surface area (Å²) in [6, 6.07) is 0. The molecule has 0 unspecified atom stereocenters. The predicted molar refractivity (Wildman–Crippen MR) is 61.6 cm³/mol. The zero-order valence-corrected chi connectivity index (χ0v) is 10.8. The molecule has 0 amide bonds. The molecule has 0 aromatic rings. The highest BCUT2D eigenvalue weighted by molar-refractivity contribution is 5.69. The first-order valence-electron chi connectivity index (χ1n) is 6.27. The highest BCUT2D eigenvalue weighted by atomic mass is 16.7. The van der Waals surface area contributed by atoms with Gasteiger partial charge in [-0.15, -0.1) is 0 Å². The number of hydrogen-bond donors (Lipinski definition) is 0. The standard InChI is InChI=1S/C12H22O5/c1-4-7-10(13)16-8-9-11(17-9)12(14-5-2)15-6-3/h9,11-12H,4-8H2,1-3H3/t9-,11-/m1/s1. The van der Waals surface area contributed by atoms with Gasteiger partial charge in [-0.2, -0.15) is 0 Å². The summed E-state index contributed by atoms with van der Waals surface area (Å²) in [6.45, 7) is 7.20. The van der Waals surface area contributed by atoms with Gasteiger partial charge in [0.15, 0.2) is 6.29 Å². The van der Waals surface area contributed by atoms with Crippen molar-refractivity contribution in [2.45, 2.75) is 52.1 Å². The molecule has 1 rings (SSSR count). The third-order valence-corrected chi connectivity index (χ3v) is 2.41. The van der Waals surface area contributed by atoms with Crippen molar-refractivity contribution in [3.63, 3.8) is 0 Å². The van der Waals surface area contributed by atoms with E-state index in [1.54, 1.807) is 0 Å². The van der Waals surface area contributed by atoms with E-state index < -0.39 is 0 Å². The van der Waals surface area contributed by atoms with Gasteiger partial charge >= 0.3 is 5.97 Å². The molecule has 0 bridgehead atoms. The number of rotatable bonds is 9. The number of esters is 1. The summed E-state index contributed by atoms with van der Waals surface area (Å²) >= 11 is 0. The van der Waals surface area contributed by atoms with Crippen molar-refractivity contribution < 1.29 is 23.7 Å². The summed E-state index contributed by atoms with van der Waals surface area (Å²) in [5, 5.41) is 0. The van der Waals surface area contributed by atoms with Gasteiger partial charge in [0.2, 0.25) is 0 Å². The molecule has 1 aliphatic heterocycles. The summed E-state index contributed by atoms with van der Waals surface area (Å²) in [6.07, 6.45) is 0.717. The fourth-order valence-electron chi connectivity index (χ4n) is 1.55. The van der Waals surface area contributed by atoms with Crippen molar-refractivity contribution in [3.05, 3.63) is 0 Å². The molecule has 0 spiro atoms. The van der Waals surface area contributed by atoms with E-state index in [2.05, 4.69) is 0 Å². The molecule has 5 nitrogen and oxygen atoms in total. The van der Waals surface area contributed by atoms with Crippen LogP contribution in [0.15, 0.2) is 0 Å². The molecule has 1 saturated heterocycles. The summed E-state index contributed by atoms with van der Waals surface area (Å²) in [5.74, 6) is -0.175. The van der Waals surface area contributed by atoms with Gasteiger partial charge in [-0.25, -0.2) is 0 Å². The van der Waals surface area contributed by atoms with Crippen molar-refractivity contribution in [2.75, 3.05) is 19.8 Å². The maximum absolute atomic E-state index is 11.2. The molecule has 2 atom stereocenters. The Kier molecular flexibility index (Phi) is 6.47. The summed E-state index contributed by atoms with van der Waals surface area (Å²) in [4.78, 5) is 11.2. The maximum Gasteiger partial charge on any atom is 0.305 e. The molecule has 0 aromatic carbocycles. The van der Waals surface area contributed by atoms with Crippen LogP contribution in [0.3, 0.4) is 0 Å². The van der Waals surface area contributed by atoms with E-state index in [1.165, 1.54) is 0 Å². The smallest absolute Gasteiger partial charge is 0.305 e. The van der Waals surface area contributed by atoms with Crippen molar-refractivity contribution >= 4 is 5.97 Å². The lowest BCUT2D eigenvalue weighted by Gasteiger charge is -2.14. The normalized spacial score (nSPS) is 22.8. The average Bonchev–Trinajstić information content (AvgIpc) is 3.06. The van der Waals surface area contributed by atoms with Crippen LogP contribution in [0.1, 0.15) is 33.6 Å². The minimum atomic E-state index is -0.347. The van der Waals surface area contributed by atoms with Crippen LogP contribution in [-0.4, -0.2) is 44.3 Å². The van der Waals surface area contributed by atoms with Gasteiger partial charge in [-0.05, 0) is 20.3 Å². The Bertz CT molecular complexity index is 225. The molecular formula is C12H22O5. The molecule has 0 aromatic heterocycles. The first-order chi connectivity index (χ1) is 8.22. The van der Waals surface area contributed by atoms with Crippen LogP contribution in [-0.2, 0) is 23.7 Å². The second kappa shape index (κ2) is 7.63.